The Morgan fingerprint density at radius 3 is 1.52 bits per heavy atom. The lowest BCUT2D eigenvalue weighted by molar-refractivity contribution is 1.18. The zero-order valence-corrected chi connectivity index (χ0v) is 26.7. The van der Waals surface area contributed by atoms with E-state index in [1.165, 1.54) is 10.8 Å². The Kier molecular flexibility index (Phi) is 6.56. The molecular formula is C45H25N5. The van der Waals surface area contributed by atoms with Crippen LogP contribution in [-0.2, 0) is 0 Å². The first-order valence-electron chi connectivity index (χ1n) is 16.3. The van der Waals surface area contributed by atoms with Crippen molar-refractivity contribution < 1.29 is 0 Å². The monoisotopic (exact) mass is 635 g/mol. The maximum absolute atomic E-state index is 10.1. The quantitative estimate of drug-likeness (QED) is 0.193. The van der Waals surface area contributed by atoms with Crippen LogP contribution >= 0.6 is 0 Å². The molecule has 2 heterocycles. The van der Waals surface area contributed by atoms with Crippen molar-refractivity contribution in [1.29, 1.82) is 15.8 Å². The standard InChI is InChI=1S/C45H25N5/c46-26-29-17-22-45-40(23-29)37-12-4-8-16-44(37)50(45)43-15-7-3-11-36(43)39-25-32(28-48)31(27-47)24-38(39)30-18-20-33(21-19-30)49-41-13-5-1-9-34(41)35-10-2-6-14-42(35)49/h1-25H. The highest BCUT2D eigenvalue weighted by Crippen LogP contribution is 2.41. The summed E-state index contributed by atoms with van der Waals surface area (Å²) in [6.45, 7) is 0. The lowest BCUT2D eigenvalue weighted by atomic mass is 9.89. The fourth-order valence-corrected chi connectivity index (χ4v) is 7.44. The summed E-state index contributed by atoms with van der Waals surface area (Å²) in [5.41, 5.74) is 11.0. The number of aromatic nitrogens is 2. The second kappa shape index (κ2) is 11.4. The van der Waals surface area contributed by atoms with E-state index in [0.29, 0.717) is 16.7 Å². The van der Waals surface area contributed by atoms with Crippen LogP contribution in [0.3, 0.4) is 0 Å². The van der Waals surface area contributed by atoms with Gasteiger partial charge in [-0.05, 0) is 83.4 Å². The van der Waals surface area contributed by atoms with E-state index in [1.54, 1.807) is 0 Å². The van der Waals surface area contributed by atoms with Gasteiger partial charge in [-0.2, -0.15) is 15.8 Å². The molecule has 0 N–H and O–H groups in total. The molecule has 0 atom stereocenters. The highest BCUT2D eigenvalue weighted by Gasteiger charge is 2.20. The van der Waals surface area contributed by atoms with Gasteiger partial charge in [-0.25, -0.2) is 0 Å². The molecule has 2 aromatic heterocycles. The third-order valence-corrected chi connectivity index (χ3v) is 9.65. The zero-order chi connectivity index (χ0) is 33.8. The maximum atomic E-state index is 10.1. The van der Waals surface area contributed by atoms with Crippen molar-refractivity contribution in [3.05, 3.63) is 168 Å². The minimum Gasteiger partial charge on any atom is -0.309 e. The number of hydrogen-bond donors (Lipinski definition) is 0. The van der Waals surface area contributed by atoms with Gasteiger partial charge in [-0.3, -0.25) is 0 Å². The number of hydrogen-bond acceptors (Lipinski definition) is 3. The van der Waals surface area contributed by atoms with Gasteiger partial charge in [0.2, 0.25) is 0 Å². The van der Waals surface area contributed by atoms with Crippen molar-refractivity contribution in [3.8, 4) is 51.8 Å². The Labute approximate surface area is 287 Å². The Balaban J connectivity index is 1.27. The molecule has 50 heavy (non-hydrogen) atoms. The number of benzene rings is 7. The summed E-state index contributed by atoms with van der Waals surface area (Å²) in [7, 11) is 0. The van der Waals surface area contributed by atoms with Crippen LogP contribution in [0.15, 0.2) is 152 Å². The molecule has 5 heteroatoms. The van der Waals surface area contributed by atoms with Gasteiger partial charge in [-0.15, -0.1) is 0 Å². The summed E-state index contributed by atoms with van der Waals surface area (Å²) >= 11 is 0. The molecule has 9 rings (SSSR count). The fourth-order valence-electron chi connectivity index (χ4n) is 7.44. The SMILES string of the molecule is N#Cc1ccc2c(c1)c1ccccc1n2-c1ccccc1-c1cc(C#N)c(C#N)cc1-c1ccc(-n2c3ccccc3c3ccccc32)cc1. The largest absolute Gasteiger partial charge is 0.309 e. The van der Waals surface area contributed by atoms with Gasteiger partial charge in [0.1, 0.15) is 12.1 Å². The summed E-state index contributed by atoms with van der Waals surface area (Å²) in [6, 6.07) is 57.9. The minimum atomic E-state index is 0.323. The van der Waals surface area contributed by atoms with Gasteiger partial charge in [0.15, 0.2) is 0 Å². The predicted molar refractivity (Wildman–Crippen MR) is 200 cm³/mol. The number of para-hydroxylation sites is 4. The number of nitriles is 3. The molecule has 0 radical (unpaired) electrons. The van der Waals surface area contributed by atoms with Gasteiger partial charge in [0.05, 0.1) is 50.5 Å². The predicted octanol–water partition coefficient (Wildman–Crippen LogP) is 10.8. The summed E-state index contributed by atoms with van der Waals surface area (Å²) in [4.78, 5) is 0. The molecule has 5 nitrogen and oxygen atoms in total. The highest BCUT2D eigenvalue weighted by molar-refractivity contribution is 6.11. The average Bonchev–Trinajstić information content (AvgIpc) is 3.70. The van der Waals surface area contributed by atoms with Gasteiger partial charge in [0.25, 0.3) is 0 Å². The van der Waals surface area contributed by atoms with E-state index in [-0.39, 0.29) is 0 Å². The molecule has 0 unspecified atom stereocenters. The second-order valence-corrected chi connectivity index (χ2v) is 12.3. The first kappa shape index (κ1) is 28.8. The van der Waals surface area contributed by atoms with Crippen LogP contribution in [0.2, 0.25) is 0 Å². The Hall–Kier alpha value is -7.39. The molecule has 230 valence electrons. The topological polar surface area (TPSA) is 81.2 Å². The highest BCUT2D eigenvalue weighted by atomic mass is 15.0. The van der Waals surface area contributed by atoms with Crippen LogP contribution in [0.4, 0.5) is 0 Å². The maximum Gasteiger partial charge on any atom is 0.101 e. The summed E-state index contributed by atoms with van der Waals surface area (Å²) < 4.78 is 4.50. The summed E-state index contributed by atoms with van der Waals surface area (Å²) in [5.74, 6) is 0. The summed E-state index contributed by atoms with van der Waals surface area (Å²) in [6.07, 6.45) is 0. The molecule has 0 saturated heterocycles. The van der Waals surface area contributed by atoms with E-state index in [4.69, 9.17) is 0 Å². The third-order valence-electron chi connectivity index (χ3n) is 9.65. The summed E-state index contributed by atoms with van der Waals surface area (Å²) in [5, 5.41) is 34.4. The van der Waals surface area contributed by atoms with Crippen LogP contribution in [0.1, 0.15) is 16.7 Å². The third kappa shape index (κ3) is 4.31. The van der Waals surface area contributed by atoms with Crippen molar-refractivity contribution in [3.63, 3.8) is 0 Å². The first-order chi connectivity index (χ1) is 24.7. The van der Waals surface area contributed by atoms with Crippen LogP contribution in [0, 0.1) is 34.0 Å². The van der Waals surface area contributed by atoms with E-state index < -0.39 is 0 Å². The van der Waals surface area contributed by atoms with Crippen LogP contribution in [0.5, 0.6) is 0 Å². The van der Waals surface area contributed by atoms with Crippen molar-refractivity contribution in [2.24, 2.45) is 0 Å². The van der Waals surface area contributed by atoms with E-state index in [1.807, 2.05) is 54.6 Å². The number of fused-ring (bicyclic) bond motifs is 6. The Morgan fingerprint density at radius 1 is 0.380 bits per heavy atom. The lowest BCUT2D eigenvalue weighted by Gasteiger charge is -2.18. The van der Waals surface area contributed by atoms with Crippen molar-refractivity contribution >= 4 is 43.6 Å². The van der Waals surface area contributed by atoms with Crippen molar-refractivity contribution in [2.75, 3.05) is 0 Å². The Morgan fingerprint density at radius 2 is 0.900 bits per heavy atom. The zero-order valence-electron chi connectivity index (χ0n) is 26.7. The van der Waals surface area contributed by atoms with Gasteiger partial charge in [-0.1, -0.05) is 84.9 Å². The lowest BCUT2D eigenvalue weighted by Crippen LogP contribution is -1.99. The van der Waals surface area contributed by atoms with E-state index in [9.17, 15) is 15.8 Å². The first-order valence-corrected chi connectivity index (χ1v) is 16.3. The molecule has 0 spiro atoms. The smallest absolute Gasteiger partial charge is 0.101 e. The van der Waals surface area contributed by atoms with E-state index in [2.05, 4.69) is 124 Å². The van der Waals surface area contributed by atoms with Gasteiger partial charge < -0.3 is 9.13 Å². The molecular weight excluding hydrogens is 611 g/mol. The van der Waals surface area contributed by atoms with Gasteiger partial charge >= 0.3 is 0 Å². The minimum absolute atomic E-state index is 0.323. The molecule has 0 amide bonds. The van der Waals surface area contributed by atoms with Gasteiger partial charge in [0, 0.05) is 32.8 Å². The van der Waals surface area contributed by atoms with Crippen molar-refractivity contribution in [2.45, 2.75) is 0 Å². The molecule has 9 aromatic rings. The normalized spacial score (nSPS) is 11.1. The molecule has 0 aliphatic rings. The fraction of sp³-hybridized carbons (Fsp3) is 0. The number of rotatable bonds is 4. The van der Waals surface area contributed by atoms with Crippen LogP contribution in [-0.4, -0.2) is 9.13 Å². The average molecular weight is 636 g/mol. The van der Waals surface area contributed by atoms with E-state index in [0.717, 1.165) is 66.5 Å². The molecule has 0 fully saturated rings. The Bertz CT molecular complexity index is 2900. The molecule has 0 saturated carbocycles. The molecule has 0 bridgehead atoms. The number of nitrogens with zero attached hydrogens (tertiary/aromatic N) is 5. The van der Waals surface area contributed by atoms with Crippen LogP contribution < -0.4 is 0 Å². The molecule has 0 aliphatic heterocycles. The van der Waals surface area contributed by atoms with Crippen LogP contribution in [0.25, 0.3) is 77.2 Å². The van der Waals surface area contributed by atoms with E-state index >= 15 is 0 Å². The van der Waals surface area contributed by atoms with Crippen molar-refractivity contribution in [1.82, 2.24) is 9.13 Å². The second-order valence-electron chi connectivity index (χ2n) is 12.3. The molecule has 0 aliphatic carbocycles. The molecule has 7 aromatic carbocycles.